The Balaban J connectivity index is 2.05. The van der Waals surface area contributed by atoms with Crippen molar-refractivity contribution < 1.29 is 22.7 Å². The molecular formula is C17H11BrF3NO2. The van der Waals surface area contributed by atoms with Crippen LogP contribution in [0.1, 0.15) is 22.8 Å². The molecule has 2 aromatic carbocycles. The van der Waals surface area contributed by atoms with Gasteiger partial charge >= 0.3 is 6.18 Å². The summed E-state index contributed by atoms with van der Waals surface area (Å²) in [6, 6.07) is 12.2. The number of ether oxygens (including phenoxy) is 1. The van der Waals surface area contributed by atoms with Crippen LogP contribution in [-0.4, -0.2) is 5.78 Å². The molecule has 0 spiro atoms. The van der Waals surface area contributed by atoms with E-state index in [4.69, 9.17) is 10.5 Å². The Bertz CT molecular complexity index is 831. The molecule has 2 N–H and O–H groups in total. The zero-order chi connectivity index (χ0) is 17.5. The molecule has 24 heavy (non-hydrogen) atoms. The zero-order valence-electron chi connectivity index (χ0n) is 12.1. The third-order valence-electron chi connectivity index (χ3n) is 3.65. The molecular weight excluding hydrogens is 387 g/mol. The molecule has 0 saturated carbocycles. The fourth-order valence-electron chi connectivity index (χ4n) is 2.55. The van der Waals surface area contributed by atoms with E-state index in [-0.39, 0.29) is 21.5 Å². The molecule has 0 aromatic heterocycles. The van der Waals surface area contributed by atoms with E-state index >= 15 is 0 Å². The van der Waals surface area contributed by atoms with Crippen LogP contribution >= 0.6 is 15.9 Å². The molecule has 7 heteroatoms. The van der Waals surface area contributed by atoms with Gasteiger partial charge in [-0.25, -0.2) is 0 Å². The second-order valence-corrected chi connectivity index (χ2v) is 5.97. The number of hydrogen-bond acceptors (Lipinski definition) is 3. The molecule has 1 atom stereocenters. The summed E-state index contributed by atoms with van der Waals surface area (Å²) in [6.45, 7) is 0. The highest BCUT2D eigenvalue weighted by atomic mass is 79.9. The highest BCUT2D eigenvalue weighted by Crippen LogP contribution is 2.42. The van der Waals surface area contributed by atoms with Crippen molar-refractivity contribution >= 4 is 27.3 Å². The topological polar surface area (TPSA) is 52.3 Å². The van der Waals surface area contributed by atoms with Crippen LogP contribution in [0.5, 0.6) is 0 Å². The third-order valence-corrected chi connectivity index (χ3v) is 4.51. The lowest BCUT2D eigenvalue weighted by Gasteiger charge is -2.13. The van der Waals surface area contributed by atoms with Crippen molar-refractivity contribution in [3.63, 3.8) is 0 Å². The van der Waals surface area contributed by atoms with Crippen LogP contribution in [0.25, 0.3) is 5.57 Å². The second-order valence-electron chi connectivity index (χ2n) is 5.18. The summed E-state index contributed by atoms with van der Waals surface area (Å²) in [7, 11) is 0. The predicted octanol–water partition coefficient (Wildman–Crippen LogP) is 4.44. The Labute approximate surface area is 144 Å². The number of rotatable bonds is 2. The lowest BCUT2D eigenvalue weighted by Crippen LogP contribution is -2.11. The van der Waals surface area contributed by atoms with Crippen LogP contribution in [-0.2, 0) is 15.7 Å². The first kappa shape index (κ1) is 16.6. The van der Waals surface area contributed by atoms with Crippen molar-refractivity contribution in [1.29, 1.82) is 0 Å². The van der Waals surface area contributed by atoms with Crippen molar-refractivity contribution in [2.24, 2.45) is 5.73 Å². The van der Waals surface area contributed by atoms with E-state index < -0.39 is 23.6 Å². The number of carbonyl (C=O) groups excluding carboxylic acids is 1. The first-order valence-corrected chi connectivity index (χ1v) is 7.71. The SMILES string of the molecule is NC1=C(c2cccc(C(F)(F)F)c2Br)C(=O)C(c2ccccc2)O1. The molecule has 3 rings (SSSR count). The maximum atomic E-state index is 13.1. The first-order chi connectivity index (χ1) is 11.3. The van der Waals surface area contributed by atoms with Gasteiger partial charge in [0.2, 0.25) is 5.78 Å². The van der Waals surface area contributed by atoms with Gasteiger partial charge in [-0.1, -0.05) is 42.5 Å². The summed E-state index contributed by atoms with van der Waals surface area (Å²) in [5, 5.41) is 0. The van der Waals surface area contributed by atoms with Gasteiger partial charge in [0.05, 0.1) is 11.1 Å². The van der Waals surface area contributed by atoms with Crippen LogP contribution in [0.15, 0.2) is 58.9 Å². The summed E-state index contributed by atoms with van der Waals surface area (Å²) >= 11 is 2.94. The van der Waals surface area contributed by atoms with Crippen molar-refractivity contribution in [3.8, 4) is 0 Å². The van der Waals surface area contributed by atoms with Crippen molar-refractivity contribution in [2.45, 2.75) is 12.3 Å². The number of alkyl halides is 3. The molecule has 0 amide bonds. The van der Waals surface area contributed by atoms with E-state index in [1.807, 2.05) is 0 Å². The van der Waals surface area contributed by atoms with Gasteiger partial charge in [-0.15, -0.1) is 0 Å². The van der Waals surface area contributed by atoms with Crippen molar-refractivity contribution in [3.05, 3.63) is 75.6 Å². The number of nitrogens with two attached hydrogens (primary N) is 1. The number of hydrogen-bond donors (Lipinski definition) is 1. The van der Waals surface area contributed by atoms with E-state index in [0.29, 0.717) is 5.56 Å². The minimum absolute atomic E-state index is 0.0539. The number of benzene rings is 2. The molecule has 3 nitrogen and oxygen atoms in total. The van der Waals surface area contributed by atoms with Crippen LogP contribution in [0, 0.1) is 0 Å². The summed E-state index contributed by atoms with van der Waals surface area (Å²) in [5.41, 5.74) is 5.51. The van der Waals surface area contributed by atoms with Gasteiger partial charge in [0, 0.05) is 15.6 Å². The van der Waals surface area contributed by atoms with Gasteiger partial charge in [-0.3, -0.25) is 4.79 Å². The molecule has 124 valence electrons. The lowest BCUT2D eigenvalue weighted by molar-refractivity contribution is -0.138. The van der Waals surface area contributed by atoms with E-state index in [9.17, 15) is 18.0 Å². The first-order valence-electron chi connectivity index (χ1n) is 6.92. The Hall–Kier alpha value is -2.28. The largest absolute Gasteiger partial charge is 0.462 e. The third kappa shape index (κ3) is 2.80. The van der Waals surface area contributed by atoms with Gasteiger partial charge in [0.1, 0.15) is 0 Å². The summed E-state index contributed by atoms with van der Waals surface area (Å²) < 4.78 is 44.4. The summed E-state index contributed by atoms with van der Waals surface area (Å²) in [4.78, 5) is 12.7. The van der Waals surface area contributed by atoms with Crippen molar-refractivity contribution in [1.82, 2.24) is 0 Å². The van der Waals surface area contributed by atoms with Gasteiger partial charge in [-0.2, -0.15) is 13.2 Å². The molecule has 2 aromatic rings. The maximum absolute atomic E-state index is 13.1. The van der Waals surface area contributed by atoms with Gasteiger partial charge < -0.3 is 10.5 Å². The van der Waals surface area contributed by atoms with Gasteiger partial charge in [0.15, 0.2) is 12.0 Å². The van der Waals surface area contributed by atoms with E-state index in [0.717, 1.165) is 6.07 Å². The number of carbonyl (C=O) groups is 1. The number of Topliss-reactive ketones (excluding diaryl/α,β-unsaturated/α-hetero) is 1. The average molecular weight is 398 g/mol. The van der Waals surface area contributed by atoms with Crippen LogP contribution < -0.4 is 5.73 Å². The Kier molecular flexibility index (Phi) is 4.13. The minimum Gasteiger partial charge on any atom is -0.462 e. The monoisotopic (exact) mass is 397 g/mol. The normalized spacial score (nSPS) is 18.0. The second kappa shape index (κ2) is 5.98. The van der Waals surface area contributed by atoms with Crippen LogP contribution in [0.3, 0.4) is 0 Å². The quantitative estimate of drug-likeness (QED) is 0.814. The summed E-state index contributed by atoms with van der Waals surface area (Å²) in [5.74, 6) is -0.660. The molecule has 1 aliphatic rings. The molecule has 0 fully saturated rings. The molecule has 0 aliphatic carbocycles. The Morgan fingerprint density at radius 2 is 1.71 bits per heavy atom. The summed E-state index contributed by atoms with van der Waals surface area (Å²) in [6.07, 6.45) is -5.51. The fraction of sp³-hybridized carbons (Fsp3) is 0.118. The molecule has 0 saturated heterocycles. The van der Waals surface area contributed by atoms with Crippen LogP contribution in [0.2, 0.25) is 0 Å². The standard InChI is InChI=1S/C17H11BrF3NO2/c18-13-10(7-4-8-11(13)17(19,20)21)12-14(23)15(24-16(12)22)9-5-2-1-3-6-9/h1-8,15H,22H2. The highest BCUT2D eigenvalue weighted by Gasteiger charge is 2.39. The number of halogens is 4. The van der Waals surface area contributed by atoms with Gasteiger partial charge in [0.25, 0.3) is 0 Å². The number of ketones is 1. The molecule has 0 radical (unpaired) electrons. The van der Waals surface area contributed by atoms with E-state index in [1.54, 1.807) is 30.3 Å². The minimum atomic E-state index is -4.55. The lowest BCUT2D eigenvalue weighted by atomic mass is 9.96. The zero-order valence-corrected chi connectivity index (χ0v) is 13.7. The Morgan fingerprint density at radius 3 is 2.33 bits per heavy atom. The smallest absolute Gasteiger partial charge is 0.417 e. The Morgan fingerprint density at radius 1 is 1.04 bits per heavy atom. The van der Waals surface area contributed by atoms with Gasteiger partial charge in [-0.05, 0) is 22.0 Å². The molecule has 1 heterocycles. The fourth-order valence-corrected chi connectivity index (χ4v) is 3.24. The predicted molar refractivity (Wildman–Crippen MR) is 85.5 cm³/mol. The van der Waals surface area contributed by atoms with E-state index in [2.05, 4.69) is 15.9 Å². The van der Waals surface area contributed by atoms with Crippen LogP contribution in [0.4, 0.5) is 13.2 Å². The highest BCUT2D eigenvalue weighted by molar-refractivity contribution is 9.10. The average Bonchev–Trinajstić information content (AvgIpc) is 2.82. The molecule has 0 bridgehead atoms. The van der Waals surface area contributed by atoms with E-state index in [1.165, 1.54) is 12.1 Å². The van der Waals surface area contributed by atoms with Crippen molar-refractivity contribution in [2.75, 3.05) is 0 Å². The molecule has 1 unspecified atom stereocenters. The molecule has 1 aliphatic heterocycles. The maximum Gasteiger partial charge on any atom is 0.417 e.